The summed E-state index contributed by atoms with van der Waals surface area (Å²) in [5.41, 5.74) is 38.0. The Morgan fingerprint density at radius 2 is 0.481 bits per heavy atom. The van der Waals surface area contributed by atoms with Crippen LogP contribution >= 0.6 is 34.0 Å². The summed E-state index contributed by atoms with van der Waals surface area (Å²) >= 11 is 5.56. The van der Waals surface area contributed by atoms with Gasteiger partial charge in [-0.2, -0.15) is 0 Å². The number of pyridine rings is 3. The first-order chi connectivity index (χ1) is 63.9. The Hall–Kier alpha value is -15.0. The second-order valence-electron chi connectivity index (χ2n) is 36.8. The van der Waals surface area contributed by atoms with Gasteiger partial charge in [0.2, 0.25) is 0 Å². The van der Waals surface area contributed by atoms with Crippen LogP contribution < -0.4 is 0 Å². The molecule has 0 saturated heterocycles. The fraction of sp³-hybridized carbons (Fsp3) is 0.0902. The van der Waals surface area contributed by atoms with Gasteiger partial charge in [0.1, 0.15) is 0 Å². The summed E-state index contributed by atoms with van der Waals surface area (Å²) in [5.74, 6) is 0. The highest BCUT2D eigenvalue weighted by Gasteiger charge is 2.27. The van der Waals surface area contributed by atoms with Crippen LogP contribution in [0.3, 0.4) is 0 Å². The van der Waals surface area contributed by atoms with Crippen LogP contribution in [-0.4, -0.2) is 28.7 Å². The Morgan fingerprint density at radius 3 is 0.786 bits per heavy atom. The van der Waals surface area contributed by atoms with E-state index in [1.165, 1.54) is 227 Å². The summed E-state index contributed by atoms with van der Waals surface area (Å²) in [5, 5.41) is 11.4. The lowest BCUT2D eigenvalue weighted by Crippen LogP contribution is -2.11. The van der Waals surface area contributed by atoms with Crippen molar-refractivity contribution in [3.8, 4) is 95.0 Å². The zero-order chi connectivity index (χ0) is 88.5. The molecule has 6 nitrogen and oxygen atoms in total. The number of aryl methyl sites for hydroxylation is 3. The van der Waals surface area contributed by atoms with Gasteiger partial charge < -0.3 is 13.7 Å². The van der Waals surface area contributed by atoms with Crippen LogP contribution in [0.5, 0.6) is 0 Å². The second kappa shape index (κ2) is 32.3. The van der Waals surface area contributed by atoms with E-state index in [0.717, 1.165) is 22.2 Å². The van der Waals surface area contributed by atoms with Crippen LogP contribution in [0.25, 0.3) is 221 Å². The first kappa shape index (κ1) is 80.6. The molecular weight excluding hydrogens is 1650 g/mol. The highest BCUT2D eigenvalue weighted by Crippen LogP contribution is 2.49. The lowest BCUT2D eigenvalue weighted by Gasteiger charge is -2.21. The number of rotatable bonds is 10. The third kappa shape index (κ3) is 14.3. The average molecular weight is 1740 g/mol. The fourth-order valence-electron chi connectivity index (χ4n) is 20.2. The van der Waals surface area contributed by atoms with E-state index in [0.29, 0.717) is 0 Å². The molecule has 25 rings (SSSR count). The van der Waals surface area contributed by atoms with Crippen molar-refractivity contribution in [1.82, 2.24) is 28.7 Å². The molecule has 9 aromatic heterocycles. The maximum atomic E-state index is 4.85. The van der Waals surface area contributed by atoms with E-state index in [-0.39, 0.29) is 10.8 Å². The molecule has 0 aliphatic heterocycles. The Balaban J connectivity index is 0.000000112. The summed E-state index contributed by atoms with van der Waals surface area (Å²) < 4.78 is 14.8. The first-order valence-corrected chi connectivity index (χ1v) is 47.5. The Labute approximate surface area is 773 Å². The molecule has 131 heavy (non-hydrogen) atoms. The summed E-state index contributed by atoms with van der Waals surface area (Å²) in [6, 6.07) is 137. The fourth-order valence-corrected chi connectivity index (χ4v) is 24.1. The Kier molecular flexibility index (Phi) is 19.9. The van der Waals surface area contributed by atoms with E-state index in [9.17, 15) is 0 Å². The number of fused-ring (bicyclic) bond motifs is 18. The maximum Gasteiger partial charge on any atom is 0.0888 e. The van der Waals surface area contributed by atoms with E-state index in [4.69, 9.17) is 15.0 Å². The van der Waals surface area contributed by atoms with Crippen molar-refractivity contribution in [3.05, 3.63) is 423 Å². The zero-order valence-electron chi connectivity index (χ0n) is 74.4. The van der Waals surface area contributed by atoms with Crippen LogP contribution in [0.4, 0.5) is 0 Å². The molecule has 628 valence electrons. The number of nitrogens with zero attached hydrogens (tertiary/aromatic N) is 6. The highest BCUT2D eigenvalue weighted by molar-refractivity contribution is 7.27. The van der Waals surface area contributed by atoms with Crippen molar-refractivity contribution in [2.24, 2.45) is 0 Å². The topological polar surface area (TPSA) is 53.5 Å². The van der Waals surface area contributed by atoms with Crippen molar-refractivity contribution in [2.75, 3.05) is 0 Å². The van der Waals surface area contributed by atoms with Crippen LogP contribution in [0.2, 0.25) is 0 Å². The van der Waals surface area contributed by atoms with Crippen LogP contribution in [0, 0.1) is 20.8 Å². The Morgan fingerprint density at radius 1 is 0.221 bits per heavy atom. The minimum Gasteiger partial charge on any atom is -0.309 e. The SMILES string of the molecule is CC(C)(C)c1cc(-c2cccc(-c3cccc(-n4c5ccccc5c5ccccc54)c3)c2)cc2c1sc1cccnc12.CC(C)(C)c1cc(-c2cccc(-c3cccc(-n4c5ccccc5c5ccccc54)c3)c2)cc2c1sc1cccnc12.Cc1cc(C)c(-c2cc(-c3cccc(-c4cccc(-n5c6ccccc6c6ccccc65)c4)c3)cc3c2sc2cccnc23)c(C)c1. The molecule has 0 bridgehead atoms. The third-order valence-electron chi connectivity index (χ3n) is 26.2. The smallest absolute Gasteiger partial charge is 0.0888 e. The average Bonchev–Trinajstić information content (AvgIpc) is 1.65. The van der Waals surface area contributed by atoms with E-state index in [1.54, 1.807) is 0 Å². The molecule has 0 spiro atoms. The van der Waals surface area contributed by atoms with E-state index >= 15 is 0 Å². The van der Waals surface area contributed by atoms with Crippen LogP contribution in [0.15, 0.2) is 395 Å². The van der Waals surface area contributed by atoms with Crippen LogP contribution in [0.1, 0.15) is 69.4 Å². The lowest BCUT2D eigenvalue weighted by atomic mass is 9.84. The number of hydrogen-bond acceptors (Lipinski definition) is 6. The van der Waals surface area contributed by atoms with E-state index < -0.39 is 0 Å². The van der Waals surface area contributed by atoms with E-state index in [1.807, 2.05) is 70.8 Å². The van der Waals surface area contributed by atoms with Gasteiger partial charge in [-0.15, -0.1) is 34.0 Å². The number of benzene rings is 16. The molecule has 0 N–H and O–H groups in total. The third-order valence-corrected chi connectivity index (χ3v) is 29.8. The molecule has 16 aromatic carbocycles. The van der Waals surface area contributed by atoms with Gasteiger partial charge in [0.15, 0.2) is 0 Å². The number of para-hydroxylation sites is 6. The van der Waals surface area contributed by atoms with Crippen molar-refractivity contribution in [3.63, 3.8) is 0 Å². The normalized spacial score (nSPS) is 12.0. The largest absolute Gasteiger partial charge is 0.309 e. The molecule has 0 amide bonds. The van der Waals surface area contributed by atoms with Crippen LogP contribution in [-0.2, 0) is 10.8 Å². The van der Waals surface area contributed by atoms with Crippen molar-refractivity contribution >= 4 is 160 Å². The quantitative estimate of drug-likeness (QED) is 0.137. The molecule has 0 aliphatic carbocycles. The van der Waals surface area contributed by atoms with Gasteiger partial charge >= 0.3 is 0 Å². The Bertz CT molecular complexity index is 8380. The van der Waals surface area contributed by atoms with Gasteiger partial charge in [0, 0.05) is 104 Å². The molecule has 9 heteroatoms. The van der Waals surface area contributed by atoms with Gasteiger partial charge in [0.25, 0.3) is 0 Å². The minimum atomic E-state index is 0.0173. The van der Waals surface area contributed by atoms with Gasteiger partial charge in [-0.25, -0.2) is 0 Å². The zero-order valence-corrected chi connectivity index (χ0v) is 76.9. The standard InChI is InChI=1S/C44H32N2S.2C39H30N2S/c1-27-21-28(2)42(29(3)22-27)37-25-33(26-38-43-41(47-44(37)38)19-10-20-45-43)31-12-8-11-30(23-31)32-13-9-14-34(24-32)46-39-17-6-4-15-35(39)36-16-5-7-18-40(36)46;2*1-39(2,3)33-24-28(23-32-37-36(42-38(32)33)19-10-20-40-37)26-12-8-11-25(21-26)27-13-9-14-29(22-27)41-34-17-6-4-15-30(34)31-16-5-7-18-35(31)41/h4-26H,1-3H3;2*4-24H,1-3H3. The number of hydrogen-bond donors (Lipinski definition) is 0. The summed E-state index contributed by atoms with van der Waals surface area (Å²) in [4.78, 5) is 14.4. The lowest BCUT2D eigenvalue weighted by molar-refractivity contribution is 0.596. The number of thiophene rings is 3. The predicted octanol–water partition coefficient (Wildman–Crippen LogP) is 34.8. The molecule has 0 unspecified atom stereocenters. The molecule has 0 saturated carbocycles. The first-order valence-electron chi connectivity index (χ1n) is 45.1. The molecule has 0 radical (unpaired) electrons. The molecule has 0 atom stereocenters. The van der Waals surface area contributed by atoms with Gasteiger partial charge in [0.05, 0.1) is 63.8 Å². The molecule has 0 aliphatic rings. The molecule has 9 heterocycles. The summed E-state index contributed by atoms with van der Waals surface area (Å²) in [6.45, 7) is 20.5. The molecular formula is C122H92N6S3. The number of aromatic nitrogens is 6. The summed E-state index contributed by atoms with van der Waals surface area (Å²) in [6.07, 6.45) is 5.72. The van der Waals surface area contributed by atoms with Crippen molar-refractivity contribution < 1.29 is 0 Å². The molecule has 0 fully saturated rings. The molecule has 25 aromatic rings. The van der Waals surface area contributed by atoms with Crippen molar-refractivity contribution in [2.45, 2.75) is 73.1 Å². The monoisotopic (exact) mass is 1740 g/mol. The van der Waals surface area contributed by atoms with E-state index in [2.05, 4.69) is 434 Å². The maximum absolute atomic E-state index is 4.85. The highest BCUT2D eigenvalue weighted by atomic mass is 32.1. The summed E-state index contributed by atoms with van der Waals surface area (Å²) in [7, 11) is 0. The second-order valence-corrected chi connectivity index (χ2v) is 40.0. The van der Waals surface area contributed by atoms with Crippen molar-refractivity contribution in [1.29, 1.82) is 0 Å². The predicted molar refractivity (Wildman–Crippen MR) is 564 cm³/mol. The van der Waals surface area contributed by atoms with Gasteiger partial charge in [-0.05, 0) is 290 Å². The minimum absolute atomic E-state index is 0.0173. The van der Waals surface area contributed by atoms with Gasteiger partial charge in [-0.1, -0.05) is 259 Å². The van der Waals surface area contributed by atoms with Gasteiger partial charge in [-0.3, -0.25) is 15.0 Å².